The Balaban J connectivity index is 1.63. The van der Waals surface area contributed by atoms with Crippen molar-refractivity contribution in [2.24, 2.45) is 0 Å². The average molecular weight is 536 g/mol. The van der Waals surface area contributed by atoms with E-state index in [9.17, 15) is 23.8 Å². The standard InChI is InChI=1S/C29H27F2N3O5/c1-38-22-14-12-21(13-15-22)28(19-8-4-2-5-9-19,20-10-6-3-7-11-20)33-24-16-17-34(27(37)32-24)26-29(30,31)25(36)23(18-35)39-26/h2-17,23,25-26,35-36H,18H2,1H3,(H,32,33,37)/t23-,25-,26-/m1/s1. The fourth-order valence-corrected chi connectivity index (χ4v) is 4.91. The van der Waals surface area contributed by atoms with Crippen LogP contribution in [0.3, 0.4) is 0 Å². The number of rotatable bonds is 8. The van der Waals surface area contributed by atoms with Gasteiger partial charge in [0.05, 0.1) is 13.7 Å². The monoisotopic (exact) mass is 535 g/mol. The van der Waals surface area contributed by atoms with Crippen LogP contribution in [0.4, 0.5) is 14.6 Å². The fraction of sp³-hybridized carbons (Fsp3) is 0.241. The molecule has 4 aromatic rings. The summed E-state index contributed by atoms with van der Waals surface area (Å²) in [6, 6.07) is 28.0. The highest BCUT2D eigenvalue weighted by Gasteiger charge is 2.59. The molecule has 1 aliphatic rings. The maximum atomic E-state index is 14.7. The van der Waals surface area contributed by atoms with E-state index < -0.39 is 42.2 Å². The first kappa shape index (κ1) is 26.5. The zero-order chi connectivity index (χ0) is 27.6. The van der Waals surface area contributed by atoms with Gasteiger partial charge in [-0.25, -0.2) is 4.79 Å². The highest BCUT2D eigenvalue weighted by atomic mass is 19.3. The lowest BCUT2D eigenvalue weighted by Gasteiger charge is -2.37. The van der Waals surface area contributed by atoms with Crippen molar-refractivity contribution in [2.45, 2.75) is 29.9 Å². The molecule has 0 amide bonds. The van der Waals surface area contributed by atoms with Crippen molar-refractivity contribution in [3.63, 3.8) is 0 Å². The SMILES string of the molecule is COc1ccc(C(Nc2ccn([C@@H]3O[C@H](CO)[C@@H](O)C3(F)F)c(=O)n2)(c2ccccc2)c2ccccc2)cc1. The quantitative estimate of drug-likeness (QED) is 0.297. The first-order valence-corrected chi connectivity index (χ1v) is 12.3. The third kappa shape index (κ3) is 4.67. The number of aliphatic hydroxyl groups excluding tert-OH is 2. The lowest BCUT2D eigenvalue weighted by molar-refractivity contribution is -0.140. The molecule has 8 nitrogen and oxygen atoms in total. The molecule has 39 heavy (non-hydrogen) atoms. The Morgan fingerprint density at radius 2 is 1.54 bits per heavy atom. The minimum atomic E-state index is -3.81. The number of methoxy groups -OCH3 is 1. The molecular formula is C29H27F2N3O5. The number of benzene rings is 3. The number of aromatic nitrogens is 2. The number of hydrogen-bond donors (Lipinski definition) is 3. The molecule has 1 saturated heterocycles. The van der Waals surface area contributed by atoms with Gasteiger partial charge in [-0.05, 0) is 34.9 Å². The van der Waals surface area contributed by atoms with Crippen LogP contribution < -0.4 is 15.7 Å². The van der Waals surface area contributed by atoms with Gasteiger partial charge in [0.1, 0.15) is 23.2 Å². The number of hydrogen-bond acceptors (Lipinski definition) is 7. The summed E-state index contributed by atoms with van der Waals surface area (Å²) in [5.74, 6) is -3.02. The molecule has 5 rings (SSSR count). The van der Waals surface area contributed by atoms with Gasteiger partial charge in [0.2, 0.25) is 6.23 Å². The number of ether oxygens (including phenoxy) is 2. The van der Waals surface area contributed by atoms with Crippen molar-refractivity contribution in [2.75, 3.05) is 19.0 Å². The first-order valence-electron chi connectivity index (χ1n) is 12.3. The molecule has 0 spiro atoms. The molecule has 0 radical (unpaired) electrons. The van der Waals surface area contributed by atoms with E-state index in [1.165, 1.54) is 6.07 Å². The van der Waals surface area contributed by atoms with E-state index in [1.54, 1.807) is 7.11 Å². The summed E-state index contributed by atoms with van der Waals surface area (Å²) in [5.41, 5.74) is 0.442. The molecule has 0 unspecified atom stereocenters. The van der Waals surface area contributed by atoms with Crippen molar-refractivity contribution in [3.8, 4) is 5.75 Å². The van der Waals surface area contributed by atoms with Gasteiger partial charge < -0.3 is 25.0 Å². The van der Waals surface area contributed by atoms with Crippen LogP contribution in [0.1, 0.15) is 22.9 Å². The number of aliphatic hydroxyl groups is 2. The van der Waals surface area contributed by atoms with Crippen LogP contribution in [0.5, 0.6) is 5.75 Å². The van der Waals surface area contributed by atoms with Crippen LogP contribution in [0.2, 0.25) is 0 Å². The van der Waals surface area contributed by atoms with E-state index in [2.05, 4.69) is 10.3 Å². The maximum absolute atomic E-state index is 14.7. The van der Waals surface area contributed by atoms with Gasteiger partial charge in [-0.15, -0.1) is 0 Å². The summed E-state index contributed by atoms with van der Waals surface area (Å²) >= 11 is 0. The summed E-state index contributed by atoms with van der Waals surface area (Å²) in [6.45, 7) is -0.826. The molecule has 3 atom stereocenters. The summed E-state index contributed by atoms with van der Waals surface area (Å²) in [6.07, 6.45) is -4.78. The van der Waals surface area contributed by atoms with E-state index in [1.807, 2.05) is 84.9 Å². The van der Waals surface area contributed by atoms with Gasteiger partial charge in [-0.2, -0.15) is 13.8 Å². The van der Waals surface area contributed by atoms with Gasteiger partial charge in [0, 0.05) is 6.20 Å². The van der Waals surface area contributed by atoms with Crippen LogP contribution >= 0.6 is 0 Å². The van der Waals surface area contributed by atoms with Crippen LogP contribution in [0, 0.1) is 0 Å². The smallest absolute Gasteiger partial charge is 0.351 e. The van der Waals surface area contributed by atoms with Crippen LogP contribution in [0.15, 0.2) is 102 Å². The minimum Gasteiger partial charge on any atom is -0.497 e. The number of anilines is 1. The van der Waals surface area contributed by atoms with Crippen LogP contribution in [0.25, 0.3) is 0 Å². The number of halogens is 2. The van der Waals surface area contributed by atoms with Gasteiger partial charge in [-0.3, -0.25) is 4.57 Å². The highest BCUT2D eigenvalue weighted by Crippen LogP contribution is 2.43. The second-order valence-corrected chi connectivity index (χ2v) is 9.17. The summed E-state index contributed by atoms with van der Waals surface area (Å²) in [5, 5.41) is 22.6. The molecule has 1 fully saturated rings. The van der Waals surface area contributed by atoms with Crippen molar-refractivity contribution in [1.82, 2.24) is 9.55 Å². The van der Waals surface area contributed by atoms with Gasteiger partial charge in [0.15, 0.2) is 6.10 Å². The van der Waals surface area contributed by atoms with Crippen molar-refractivity contribution in [3.05, 3.63) is 124 Å². The Bertz CT molecular complexity index is 1430. The largest absolute Gasteiger partial charge is 0.497 e. The van der Waals surface area contributed by atoms with E-state index in [-0.39, 0.29) is 5.82 Å². The second kappa shape index (κ2) is 10.6. The Hall–Kier alpha value is -4.12. The number of nitrogens with one attached hydrogen (secondary N) is 1. The predicted molar refractivity (Wildman–Crippen MR) is 140 cm³/mol. The van der Waals surface area contributed by atoms with E-state index >= 15 is 0 Å². The van der Waals surface area contributed by atoms with Gasteiger partial charge in [0.25, 0.3) is 0 Å². The molecule has 0 aliphatic carbocycles. The summed E-state index contributed by atoms with van der Waals surface area (Å²) < 4.78 is 40.5. The normalized spacial score (nSPS) is 20.5. The molecule has 10 heteroatoms. The Kier molecular flexibility index (Phi) is 7.17. The molecule has 2 heterocycles. The molecule has 1 aliphatic heterocycles. The molecule has 202 valence electrons. The number of nitrogens with zero attached hydrogens (tertiary/aromatic N) is 2. The van der Waals surface area contributed by atoms with E-state index in [4.69, 9.17) is 9.47 Å². The first-order chi connectivity index (χ1) is 18.8. The Morgan fingerprint density at radius 3 is 2.03 bits per heavy atom. The van der Waals surface area contributed by atoms with Crippen LogP contribution in [-0.4, -0.2) is 51.6 Å². The molecule has 1 aromatic heterocycles. The van der Waals surface area contributed by atoms with Crippen LogP contribution in [-0.2, 0) is 10.3 Å². The van der Waals surface area contributed by atoms with Crippen molar-refractivity contribution < 1.29 is 28.5 Å². The van der Waals surface area contributed by atoms with Gasteiger partial charge in [-0.1, -0.05) is 72.8 Å². The summed E-state index contributed by atoms with van der Waals surface area (Å²) in [4.78, 5) is 17.1. The third-order valence-electron chi connectivity index (χ3n) is 6.89. The molecule has 3 aromatic carbocycles. The maximum Gasteiger partial charge on any atom is 0.351 e. The second-order valence-electron chi connectivity index (χ2n) is 9.17. The zero-order valence-corrected chi connectivity index (χ0v) is 20.9. The van der Waals surface area contributed by atoms with Crippen molar-refractivity contribution in [1.29, 1.82) is 0 Å². The lowest BCUT2D eigenvalue weighted by atomic mass is 9.77. The molecule has 0 saturated carbocycles. The zero-order valence-electron chi connectivity index (χ0n) is 20.9. The Morgan fingerprint density at radius 1 is 0.974 bits per heavy atom. The Labute approximate surface area is 223 Å². The minimum absolute atomic E-state index is 0.125. The predicted octanol–water partition coefficient (Wildman–Crippen LogP) is 3.54. The molecular weight excluding hydrogens is 508 g/mol. The fourth-order valence-electron chi connectivity index (χ4n) is 4.91. The molecule has 0 bridgehead atoms. The highest BCUT2D eigenvalue weighted by molar-refractivity contribution is 5.58. The van der Waals surface area contributed by atoms with Crippen molar-refractivity contribution >= 4 is 5.82 Å². The van der Waals surface area contributed by atoms with Gasteiger partial charge >= 0.3 is 11.6 Å². The topological polar surface area (TPSA) is 106 Å². The third-order valence-corrected chi connectivity index (χ3v) is 6.89. The average Bonchev–Trinajstić information content (AvgIpc) is 3.20. The molecule has 3 N–H and O–H groups in total. The summed E-state index contributed by atoms with van der Waals surface area (Å²) in [7, 11) is 1.58. The van der Waals surface area contributed by atoms with E-state index in [0.717, 1.165) is 22.9 Å². The number of alkyl halides is 2. The lowest BCUT2D eigenvalue weighted by Crippen LogP contribution is -2.42. The van der Waals surface area contributed by atoms with E-state index in [0.29, 0.717) is 10.3 Å².